The highest BCUT2D eigenvalue weighted by atomic mass is 16.2. The molecule has 0 fully saturated rings. The molecule has 144 valence electrons. The number of rotatable bonds is 6. The molecule has 1 heterocycles. The molecule has 0 atom stereocenters. The van der Waals surface area contributed by atoms with Gasteiger partial charge in [-0.2, -0.15) is 0 Å². The number of carbonyl (C=O) groups is 2. The van der Waals surface area contributed by atoms with Gasteiger partial charge >= 0.3 is 0 Å². The van der Waals surface area contributed by atoms with Gasteiger partial charge < -0.3 is 15.6 Å². The second-order valence-corrected chi connectivity index (χ2v) is 6.59. The fourth-order valence-corrected chi connectivity index (χ4v) is 2.79. The van der Waals surface area contributed by atoms with Crippen LogP contribution in [-0.2, 0) is 4.79 Å². The van der Waals surface area contributed by atoms with Crippen molar-refractivity contribution in [2.75, 3.05) is 10.6 Å². The Hall–Kier alpha value is -3.48. The molecule has 2 amide bonds. The molecule has 0 unspecified atom stereocenters. The number of nitrogens with zero attached hydrogens (tertiary/aromatic N) is 1. The largest absolute Gasteiger partial charge is 0.324 e. The third kappa shape index (κ3) is 4.43. The normalized spacial score (nSPS) is 10.6. The van der Waals surface area contributed by atoms with E-state index in [4.69, 9.17) is 0 Å². The van der Waals surface area contributed by atoms with Crippen LogP contribution < -0.4 is 16.2 Å². The number of para-hydroxylation sites is 2. The molecule has 7 heteroatoms. The van der Waals surface area contributed by atoms with Crippen molar-refractivity contribution in [1.82, 2.24) is 9.97 Å². The molecule has 0 spiro atoms. The van der Waals surface area contributed by atoms with E-state index in [2.05, 4.69) is 20.6 Å². The number of unbranched alkanes of at least 4 members (excludes halogenated alkanes) is 1. The van der Waals surface area contributed by atoms with Crippen molar-refractivity contribution >= 4 is 34.2 Å². The Bertz CT molecular complexity index is 1090. The SMILES string of the molecule is CCCCC(=O)Nc1ccc(C)cc1NC(=O)c1nc2ccccc2[nH]c1=O. The maximum atomic E-state index is 12.7. The smallest absolute Gasteiger partial charge is 0.280 e. The van der Waals surface area contributed by atoms with Crippen LogP contribution in [0.5, 0.6) is 0 Å². The molecule has 0 bridgehead atoms. The zero-order valence-electron chi connectivity index (χ0n) is 15.8. The third-order valence-corrected chi connectivity index (χ3v) is 4.27. The predicted octanol–water partition coefficient (Wildman–Crippen LogP) is 3.61. The van der Waals surface area contributed by atoms with Crippen LogP contribution in [0.15, 0.2) is 47.3 Å². The van der Waals surface area contributed by atoms with Crippen molar-refractivity contribution in [3.8, 4) is 0 Å². The third-order valence-electron chi connectivity index (χ3n) is 4.27. The molecular weight excluding hydrogens is 356 g/mol. The molecular formula is C21H22N4O3. The highest BCUT2D eigenvalue weighted by Gasteiger charge is 2.16. The van der Waals surface area contributed by atoms with Gasteiger partial charge in [0.05, 0.1) is 22.4 Å². The molecule has 3 rings (SSSR count). The summed E-state index contributed by atoms with van der Waals surface area (Å²) in [6.07, 6.45) is 2.11. The van der Waals surface area contributed by atoms with Crippen molar-refractivity contribution in [2.24, 2.45) is 0 Å². The van der Waals surface area contributed by atoms with E-state index >= 15 is 0 Å². The molecule has 2 aromatic carbocycles. The summed E-state index contributed by atoms with van der Waals surface area (Å²) in [5.41, 5.74) is 2.08. The minimum absolute atomic E-state index is 0.122. The van der Waals surface area contributed by atoms with Gasteiger partial charge in [0.25, 0.3) is 11.5 Å². The van der Waals surface area contributed by atoms with Crippen molar-refractivity contribution in [3.63, 3.8) is 0 Å². The number of fused-ring (bicyclic) bond motifs is 1. The van der Waals surface area contributed by atoms with Crippen LogP contribution in [-0.4, -0.2) is 21.8 Å². The Morgan fingerprint density at radius 3 is 2.64 bits per heavy atom. The highest BCUT2D eigenvalue weighted by Crippen LogP contribution is 2.24. The van der Waals surface area contributed by atoms with E-state index in [0.29, 0.717) is 28.8 Å². The molecule has 0 aliphatic carbocycles. The molecule has 0 radical (unpaired) electrons. The maximum absolute atomic E-state index is 12.7. The van der Waals surface area contributed by atoms with Gasteiger partial charge in [-0.15, -0.1) is 0 Å². The maximum Gasteiger partial charge on any atom is 0.280 e. The number of aryl methyl sites for hydroxylation is 1. The highest BCUT2D eigenvalue weighted by molar-refractivity contribution is 6.06. The number of carbonyl (C=O) groups excluding carboxylic acids is 2. The van der Waals surface area contributed by atoms with Gasteiger partial charge in [-0.05, 0) is 43.2 Å². The molecule has 0 aliphatic rings. The zero-order chi connectivity index (χ0) is 20.1. The first-order valence-corrected chi connectivity index (χ1v) is 9.19. The number of amides is 2. The minimum atomic E-state index is -0.637. The van der Waals surface area contributed by atoms with Gasteiger partial charge in [0.15, 0.2) is 5.69 Å². The second kappa shape index (κ2) is 8.47. The first-order chi connectivity index (χ1) is 13.5. The van der Waals surface area contributed by atoms with E-state index < -0.39 is 11.5 Å². The van der Waals surface area contributed by atoms with Crippen molar-refractivity contribution in [1.29, 1.82) is 0 Å². The summed E-state index contributed by atoms with van der Waals surface area (Å²) in [6.45, 7) is 3.89. The number of hydrogen-bond donors (Lipinski definition) is 3. The lowest BCUT2D eigenvalue weighted by Gasteiger charge is -2.13. The molecule has 3 aromatic rings. The summed E-state index contributed by atoms with van der Waals surface area (Å²) in [5, 5.41) is 5.51. The summed E-state index contributed by atoms with van der Waals surface area (Å²) in [4.78, 5) is 43.9. The molecule has 0 saturated heterocycles. The monoisotopic (exact) mass is 378 g/mol. The zero-order valence-corrected chi connectivity index (χ0v) is 15.8. The fourth-order valence-electron chi connectivity index (χ4n) is 2.79. The molecule has 0 saturated carbocycles. The summed E-state index contributed by atoms with van der Waals surface area (Å²) >= 11 is 0. The fraction of sp³-hybridized carbons (Fsp3) is 0.238. The van der Waals surface area contributed by atoms with Crippen LogP contribution in [0.1, 0.15) is 42.2 Å². The van der Waals surface area contributed by atoms with E-state index in [1.165, 1.54) is 0 Å². The average Bonchev–Trinajstić information content (AvgIpc) is 2.67. The van der Waals surface area contributed by atoms with Gasteiger partial charge in [0.2, 0.25) is 5.91 Å². The van der Waals surface area contributed by atoms with Crippen LogP contribution >= 0.6 is 0 Å². The van der Waals surface area contributed by atoms with Crippen LogP contribution in [0.2, 0.25) is 0 Å². The van der Waals surface area contributed by atoms with Crippen LogP contribution in [0.3, 0.4) is 0 Å². The summed E-state index contributed by atoms with van der Waals surface area (Å²) < 4.78 is 0. The number of H-pyrrole nitrogens is 1. The van der Waals surface area contributed by atoms with Crippen LogP contribution in [0.4, 0.5) is 11.4 Å². The second-order valence-electron chi connectivity index (χ2n) is 6.59. The summed E-state index contributed by atoms with van der Waals surface area (Å²) in [5.74, 6) is -0.760. The van der Waals surface area contributed by atoms with Gasteiger partial charge in [0, 0.05) is 6.42 Å². The van der Waals surface area contributed by atoms with Crippen LogP contribution in [0.25, 0.3) is 11.0 Å². The van der Waals surface area contributed by atoms with E-state index in [1.54, 1.807) is 36.4 Å². The van der Waals surface area contributed by atoms with Crippen molar-refractivity contribution in [3.05, 3.63) is 64.1 Å². The van der Waals surface area contributed by atoms with Gasteiger partial charge in [-0.25, -0.2) is 4.98 Å². The Kier molecular flexibility index (Phi) is 5.84. The molecule has 7 nitrogen and oxygen atoms in total. The topological polar surface area (TPSA) is 104 Å². The Morgan fingerprint density at radius 2 is 1.86 bits per heavy atom. The molecule has 0 aliphatic heterocycles. The molecule has 1 aromatic heterocycles. The lowest BCUT2D eigenvalue weighted by molar-refractivity contribution is -0.116. The average molecular weight is 378 g/mol. The summed E-state index contributed by atoms with van der Waals surface area (Å²) in [7, 11) is 0. The lowest BCUT2D eigenvalue weighted by Crippen LogP contribution is -2.26. The van der Waals surface area contributed by atoms with E-state index in [0.717, 1.165) is 18.4 Å². The van der Waals surface area contributed by atoms with Crippen molar-refractivity contribution < 1.29 is 9.59 Å². The number of hydrogen-bond acceptors (Lipinski definition) is 4. The number of anilines is 2. The Labute approximate surface area is 162 Å². The standard InChI is InChI=1S/C21H22N4O3/c1-3-4-9-18(26)22-16-11-10-13(2)12-17(16)25-21(28)19-20(27)24-15-8-6-5-7-14(15)23-19/h5-8,10-12H,3-4,9H2,1-2H3,(H,22,26)(H,24,27)(H,25,28). The first-order valence-electron chi connectivity index (χ1n) is 9.19. The number of aromatic nitrogens is 2. The predicted molar refractivity (Wildman–Crippen MR) is 110 cm³/mol. The van der Waals surface area contributed by atoms with Crippen molar-refractivity contribution in [2.45, 2.75) is 33.1 Å². The van der Waals surface area contributed by atoms with Gasteiger partial charge in [-0.1, -0.05) is 31.5 Å². The van der Waals surface area contributed by atoms with Crippen LogP contribution in [0, 0.1) is 6.92 Å². The molecule has 3 N–H and O–H groups in total. The summed E-state index contributed by atoms with van der Waals surface area (Å²) in [6, 6.07) is 12.3. The van der Waals surface area contributed by atoms with E-state index in [-0.39, 0.29) is 11.6 Å². The number of aromatic amines is 1. The first kappa shape index (κ1) is 19.3. The Morgan fingerprint density at radius 1 is 1.07 bits per heavy atom. The van der Waals surface area contributed by atoms with E-state index in [9.17, 15) is 14.4 Å². The van der Waals surface area contributed by atoms with Gasteiger partial charge in [0.1, 0.15) is 0 Å². The number of nitrogens with one attached hydrogen (secondary N) is 3. The Balaban J connectivity index is 1.88. The van der Waals surface area contributed by atoms with Gasteiger partial charge in [-0.3, -0.25) is 14.4 Å². The lowest BCUT2D eigenvalue weighted by atomic mass is 10.1. The number of benzene rings is 2. The minimum Gasteiger partial charge on any atom is -0.324 e. The molecule has 28 heavy (non-hydrogen) atoms. The van der Waals surface area contributed by atoms with E-state index in [1.807, 2.05) is 19.9 Å². The quantitative estimate of drug-likeness (QED) is 0.609.